The molecule has 40 heavy (non-hydrogen) atoms. The summed E-state index contributed by atoms with van der Waals surface area (Å²) in [5.41, 5.74) is 1.06. The molecule has 15 heteroatoms. The van der Waals surface area contributed by atoms with Crippen molar-refractivity contribution in [2.24, 2.45) is 5.92 Å². The minimum atomic E-state index is -2.00. The monoisotopic (exact) mass is 553 g/mol. The highest BCUT2D eigenvalue weighted by atomic mass is 32.1. The molecule has 4 rings (SSSR count). The van der Waals surface area contributed by atoms with E-state index in [1.807, 2.05) is 13.8 Å². The summed E-state index contributed by atoms with van der Waals surface area (Å²) in [7, 11) is 19.9. The maximum absolute atomic E-state index is 12.9. The van der Waals surface area contributed by atoms with Gasteiger partial charge in [-0.15, -0.1) is 21.5 Å². The second kappa shape index (κ2) is 11.7. The Balaban J connectivity index is 1.70. The van der Waals surface area contributed by atoms with E-state index in [9.17, 15) is 14.4 Å². The molecule has 11 nitrogen and oxygen atoms in total. The highest BCUT2D eigenvalue weighted by Gasteiger charge is 2.30. The largest absolute Gasteiger partial charge is 0.494 e. The molecule has 1 aliphatic rings. The van der Waals surface area contributed by atoms with Gasteiger partial charge in [0.05, 0.1) is 53.8 Å². The molecular weight excluding hydrogens is 527 g/mol. The van der Waals surface area contributed by atoms with Crippen LogP contribution in [0.25, 0.3) is 10.6 Å². The molecule has 6 radical (unpaired) electrons. The highest BCUT2D eigenvalue weighted by molar-refractivity contribution is 7.17. The van der Waals surface area contributed by atoms with Crippen LogP contribution >= 0.6 is 11.3 Å². The first-order valence-corrected chi connectivity index (χ1v) is 13.2. The summed E-state index contributed by atoms with van der Waals surface area (Å²) in [5.74, 6) is -0.648. The summed E-state index contributed by atoms with van der Waals surface area (Å²) < 4.78 is 5.72. The Hall–Kier alpha value is -3.87. The maximum atomic E-state index is 12.9. The third kappa shape index (κ3) is 6.82. The molecule has 2 aromatic heterocycles. The lowest BCUT2D eigenvalue weighted by Crippen LogP contribution is -2.50. The van der Waals surface area contributed by atoms with Crippen LogP contribution in [-0.4, -0.2) is 86.8 Å². The Morgan fingerprint density at radius 3 is 2.50 bits per heavy atom. The molecule has 1 aliphatic carbocycles. The molecule has 0 unspecified atom stereocenters. The van der Waals surface area contributed by atoms with Crippen LogP contribution in [0.15, 0.2) is 30.5 Å². The Morgan fingerprint density at radius 2 is 1.88 bits per heavy atom. The quantitative estimate of drug-likeness (QED) is 0.325. The molecule has 0 spiro atoms. The second-order valence-corrected chi connectivity index (χ2v) is 10.7. The fraction of sp³-hybridized carbons (Fsp3) is 0.360. The van der Waals surface area contributed by atoms with Crippen molar-refractivity contribution in [3.8, 4) is 16.3 Å². The molecule has 0 saturated heterocycles. The number of thiazole rings is 1. The predicted octanol–water partition coefficient (Wildman–Crippen LogP) is 2.03. The summed E-state index contributed by atoms with van der Waals surface area (Å²) in [6.07, 6.45) is 3.14. The van der Waals surface area contributed by atoms with Crippen molar-refractivity contribution in [3.63, 3.8) is 0 Å². The molecule has 200 valence electrons. The van der Waals surface area contributed by atoms with E-state index in [1.165, 1.54) is 30.7 Å². The van der Waals surface area contributed by atoms with E-state index < -0.39 is 11.1 Å². The van der Waals surface area contributed by atoms with Gasteiger partial charge in [-0.05, 0) is 38.8 Å². The number of nitrogens with zero attached hydrogens (tertiary/aromatic N) is 4. The number of rotatable bonds is 10. The lowest BCUT2D eigenvalue weighted by Gasteiger charge is -2.23. The van der Waals surface area contributed by atoms with Gasteiger partial charge in [0.15, 0.2) is 17.3 Å². The third-order valence-electron chi connectivity index (χ3n) is 6.07. The Bertz CT molecular complexity index is 1440. The lowest BCUT2D eigenvalue weighted by molar-refractivity contribution is -0.117. The molecular formula is C25H26B3N7O4S. The van der Waals surface area contributed by atoms with Crippen molar-refractivity contribution < 1.29 is 19.1 Å². The zero-order valence-electron chi connectivity index (χ0n) is 22.5. The van der Waals surface area contributed by atoms with Crippen LogP contribution in [0.4, 0.5) is 17.2 Å². The zero-order valence-corrected chi connectivity index (χ0v) is 23.3. The number of aromatic nitrogens is 3. The smallest absolute Gasteiger partial charge is 0.272 e. The number of anilines is 3. The van der Waals surface area contributed by atoms with E-state index in [4.69, 9.17) is 28.3 Å². The van der Waals surface area contributed by atoms with Gasteiger partial charge in [-0.2, -0.15) is 0 Å². The normalized spacial score (nSPS) is 13.0. The van der Waals surface area contributed by atoms with E-state index in [0.717, 1.165) is 12.8 Å². The van der Waals surface area contributed by atoms with Gasteiger partial charge in [0.25, 0.3) is 11.8 Å². The van der Waals surface area contributed by atoms with Crippen molar-refractivity contribution >= 4 is 69.8 Å². The Morgan fingerprint density at radius 1 is 1.15 bits per heavy atom. The number of para-hydroxylation sites is 1. The Kier molecular flexibility index (Phi) is 8.52. The van der Waals surface area contributed by atoms with Crippen molar-refractivity contribution in [3.05, 3.63) is 41.0 Å². The van der Waals surface area contributed by atoms with Crippen molar-refractivity contribution in [2.75, 3.05) is 24.8 Å². The van der Waals surface area contributed by atoms with Crippen LogP contribution < -0.4 is 20.7 Å². The minimum Gasteiger partial charge on any atom is -0.494 e. The molecule has 3 aromatic rings. The van der Waals surface area contributed by atoms with Gasteiger partial charge in [-0.1, -0.05) is 11.3 Å². The highest BCUT2D eigenvalue weighted by Crippen LogP contribution is 2.40. The number of ether oxygens (including phenoxy) is 1. The summed E-state index contributed by atoms with van der Waals surface area (Å²) in [5, 5.41) is 14.6. The van der Waals surface area contributed by atoms with Crippen LogP contribution in [0.3, 0.4) is 0 Å². The zero-order chi connectivity index (χ0) is 29.2. The van der Waals surface area contributed by atoms with Gasteiger partial charge in [-0.3, -0.25) is 14.4 Å². The molecule has 0 bridgehead atoms. The number of nitrogens with one attached hydrogen (secondary N) is 3. The number of benzene rings is 1. The van der Waals surface area contributed by atoms with E-state index >= 15 is 0 Å². The average Bonchev–Trinajstić information content (AvgIpc) is 3.63. The van der Waals surface area contributed by atoms with Gasteiger partial charge in [0.1, 0.15) is 9.88 Å². The van der Waals surface area contributed by atoms with Gasteiger partial charge in [-0.25, -0.2) is 4.98 Å². The summed E-state index contributed by atoms with van der Waals surface area (Å²) in [6, 6.07) is 6.77. The summed E-state index contributed by atoms with van der Waals surface area (Å²) in [4.78, 5) is 44.5. The molecule has 0 atom stereocenters. The van der Waals surface area contributed by atoms with Crippen molar-refractivity contribution in [2.45, 2.75) is 38.0 Å². The number of methoxy groups -OCH3 is 1. The topological polar surface area (TPSA) is 138 Å². The molecule has 3 amide bonds. The fourth-order valence-corrected chi connectivity index (χ4v) is 4.54. The summed E-state index contributed by atoms with van der Waals surface area (Å²) >= 11 is 1.23. The number of hydrogen-bond acceptors (Lipinski definition) is 9. The Labute approximate surface area is 240 Å². The van der Waals surface area contributed by atoms with Gasteiger partial charge in [0, 0.05) is 25.1 Å². The van der Waals surface area contributed by atoms with E-state index in [1.54, 1.807) is 30.1 Å². The minimum absolute atomic E-state index is 0.0300. The first-order chi connectivity index (χ1) is 18.9. The molecule has 1 aromatic carbocycles. The van der Waals surface area contributed by atoms with Crippen LogP contribution in [0.1, 0.15) is 46.8 Å². The maximum Gasteiger partial charge on any atom is 0.272 e. The van der Waals surface area contributed by atoms with Gasteiger partial charge >= 0.3 is 0 Å². The number of amides is 3. The van der Waals surface area contributed by atoms with E-state index in [-0.39, 0.29) is 41.0 Å². The van der Waals surface area contributed by atoms with Crippen LogP contribution in [-0.2, 0) is 4.79 Å². The second-order valence-electron chi connectivity index (χ2n) is 9.69. The lowest BCUT2D eigenvalue weighted by atomic mass is 9.49. The third-order valence-corrected chi connectivity index (χ3v) is 7.09. The van der Waals surface area contributed by atoms with Crippen LogP contribution in [0, 0.1) is 5.92 Å². The predicted molar refractivity (Wildman–Crippen MR) is 155 cm³/mol. The summed E-state index contributed by atoms with van der Waals surface area (Å²) in [6.45, 7) is 3.86. The number of carbonyl (C=O) groups is 3. The number of carbonyl (C=O) groups excluding carboxylic acids is 3. The number of hydrogen-bond donors (Lipinski definition) is 3. The molecule has 1 saturated carbocycles. The fourth-order valence-electron chi connectivity index (χ4n) is 3.62. The van der Waals surface area contributed by atoms with E-state index in [2.05, 4.69) is 31.1 Å². The molecule has 2 heterocycles. The molecule has 0 aliphatic heterocycles. The standard InChI is InChI=1S/C25H26B3N7O4S/c1-12(2)35(3)24(38)17-11-29-23(40-17)14-6-5-7-15(20(14)39-4)30-16-10-18(31-21(36)13-8-9-13)33-34-19(16)22(37)32-25(26,27)28/h5-7,10-13H,8-9H2,1-4H3,(H,32,37)(H2,30,31,33,36). The van der Waals surface area contributed by atoms with Crippen LogP contribution in [0.5, 0.6) is 5.75 Å². The molecule has 1 fully saturated rings. The first-order valence-electron chi connectivity index (χ1n) is 12.4. The van der Waals surface area contributed by atoms with Gasteiger partial charge in [0.2, 0.25) is 5.91 Å². The van der Waals surface area contributed by atoms with Crippen LogP contribution in [0.2, 0.25) is 0 Å². The van der Waals surface area contributed by atoms with Crippen molar-refractivity contribution in [1.29, 1.82) is 0 Å². The van der Waals surface area contributed by atoms with E-state index in [0.29, 0.717) is 26.9 Å². The average molecular weight is 553 g/mol. The molecule has 3 N–H and O–H groups in total. The SMILES string of the molecule is [B]C([B])([B])NC(=O)c1nnc(NC(=O)C2CC2)cc1Nc1cccc(-c2ncc(C(=O)N(C)C(C)C)s2)c1OC. The van der Waals surface area contributed by atoms with Gasteiger partial charge < -0.3 is 25.6 Å². The van der Waals surface area contributed by atoms with Crippen molar-refractivity contribution in [1.82, 2.24) is 25.4 Å². The first kappa shape index (κ1) is 29.1.